The number of aryl methyl sites for hydroxylation is 1. The third-order valence-corrected chi connectivity index (χ3v) is 7.30. The molecule has 192 valence electrons. The van der Waals surface area contributed by atoms with E-state index >= 15 is 0 Å². The zero-order valence-electron chi connectivity index (χ0n) is 21.9. The second kappa shape index (κ2) is 9.99. The molecule has 7 heteroatoms. The smallest absolute Gasteiger partial charge is 0.335 e. The van der Waals surface area contributed by atoms with E-state index in [4.69, 9.17) is 0 Å². The molecule has 6 nitrogen and oxygen atoms in total. The molecule has 5 rings (SSSR count). The van der Waals surface area contributed by atoms with Gasteiger partial charge in [-0.2, -0.15) is 0 Å². The van der Waals surface area contributed by atoms with Gasteiger partial charge in [0.2, 0.25) is 5.91 Å². The first-order valence-corrected chi connectivity index (χ1v) is 13.3. The summed E-state index contributed by atoms with van der Waals surface area (Å²) in [6, 6.07) is 21.2. The largest absolute Gasteiger partial charge is 0.478 e. The number of carbonyl (C=O) groups is 2. The Kier molecular flexibility index (Phi) is 6.71. The fourth-order valence-electron chi connectivity index (χ4n) is 4.55. The van der Waals surface area contributed by atoms with E-state index in [0.717, 1.165) is 38.0 Å². The average Bonchev–Trinajstić information content (AvgIpc) is 3.25. The van der Waals surface area contributed by atoms with Gasteiger partial charge in [0, 0.05) is 18.0 Å². The zero-order chi connectivity index (χ0) is 27.0. The third-order valence-electron chi connectivity index (χ3n) is 6.35. The molecular weight excluding hydrogens is 494 g/mol. The SMILES string of the molecule is Cc1nc2cc(-c3ccc(CN(C(=O)CC(C)(C)C)c4nccc5cc(C(=O)O)ccc45)cc3)ccc2s1. The maximum Gasteiger partial charge on any atom is 0.335 e. The summed E-state index contributed by atoms with van der Waals surface area (Å²) in [4.78, 5) is 36.0. The Morgan fingerprint density at radius 2 is 1.68 bits per heavy atom. The molecular formula is C31H29N3O3S. The van der Waals surface area contributed by atoms with E-state index < -0.39 is 5.97 Å². The maximum absolute atomic E-state index is 13.6. The van der Waals surface area contributed by atoms with Gasteiger partial charge >= 0.3 is 5.97 Å². The summed E-state index contributed by atoms with van der Waals surface area (Å²) in [6.45, 7) is 8.48. The van der Waals surface area contributed by atoms with Gasteiger partial charge in [0.1, 0.15) is 5.82 Å². The maximum atomic E-state index is 13.6. The monoisotopic (exact) mass is 523 g/mol. The highest BCUT2D eigenvalue weighted by molar-refractivity contribution is 7.18. The molecule has 38 heavy (non-hydrogen) atoms. The molecule has 2 aromatic heterocycles. The molecule has 1 N–H and O–H groups in total. The van der Waals surface area contributed by atoms with Crippen LogP contribution in [0.4, 0.5) is 5.82 Å². The van der Waals surface area contributed by atoms with Crippen molar-refractivity contribution in [3.63, 3.8) is 0 Å². The second-order valence-corrected chi connectivity index (χ2v) is 11.9. The second-order valence-electron chi connectivity index (χ2n) is 10.7. The summed E-state index contributed by atoms with van der Waals surface area (Å²) in [6.07, 6.45) is 1.98. The molecule has 0 radical (unpaired) electrons. The molecule has 5 aromatic rings. The van der Waals surface area contributed by atoms with Crippen molar-refractivity contribution >= 4 is 50.0 Å². The Hall–Kier alpha value is -4.10. The Bertz CT molecular complexity index is 1670. The number of fused-ring (bicyclic) bond motifs is 2. The first kappa shape index (κ1) is 25.5. The Morgan fingerprint density at radius 1 is 0.947 bits per heavy atom. The number of pyridine rings is 1. The molecule has 0 bridgehead atoms. The first-order chi connectivity index (χ1) is 18.1. The lowest BCUT2D eigenvalue weighted by molar-refractivity contribution is -0.120. The van der Waals surface area contributed by atoms with Crippen molar-refractivity contribution in [2.24, 2.45) is 5.41 Å². The lowest BCUT2D eigenvalue weighted by Crippen LogP contribution is -2.34. The number of carbonyl (C=O) groups excluding carboxylic acids is 1. The van der Waals surface area contributed by atoms with Gasteiger partial charge < -0.3 is 5.11 Å². The molecule has 0 aliphatic rings. The summed E-state index contributed by atoms with van der Waals surface area (Å²) in [5, 5.41) is 11.9. The van der Waals surface area contributed by atoms with Crippen molar-refractivity contribution in [2.75, 3.05) is 4.90 Å². The summed E-state index contributed by atoms with van der Waals surface area (Å²) >= 11 is 1.69. The number of carboxylic acids is 1. The number of aromatic carboxylic acids is 1. The molecule has 0 spiro atoms. The highest BCUT2D eigenvalue weighted by Crippen LogP contribution is 2.31. The van der Waals surface area contributed by atoms with E-state index in [-0.39, 0.29) is 16.9 Å². The van der Waals surface area contributed by atoms with E-state index in [9.17, 15) is 14.7 Å². The summed E-state index contributed by atoms with van der Waals surface area (Å²) in [5.41, 5.74) is 4.15. The summed E-state index contributed by atoms with van der Waals surface area (Å²) in [7, 11) is 0. The van der Waals surface area contributed by atoms with E-state index in [2.05, 4.69) is 40.3 Å². The standard InChI is InChI=1S/C31H29N3O3S/c1-19-33-26-16-22(10-12-27(26)38-19)21-7-5-20(6-8-21)18-34(28(35)17-31(2,3)4)29-25-11-9-24(30(36)37)15-23(25)13-14-32-29/h5-16H,17-18H2,1-4H3,(H,36,37). The fourth-order valence-corrected chi connectivity index (χ4v) is 5.36. The highest BCUT2D eigenvalue weighted by atomic mass is 32.1. The number of amides is 1. The zero-order valence-corrected chi connectivity index (χ0v) is 22.7. The van der Waals surface area contributed by atoms with Crippen LogP contribution in [0.2, 0.25) is 0 Å². The summed E-state index contributed by atoms with van der Waals surface area (Å²) < 4.78 is 1.17. The van der Waals surface area contributed by atoms with Crippen LogP contribution in [0.1, 0.15) is 48.1 Å². The average molecular weight is 524 g/mol. The number of nitrogens with zero attached hydrogens (tertiary/aromatic N) is 3. The number of benzene rings is 3. The number of carboxylic acid groups (broad SMARTS) is 1. The van der Waals surface area contributed by atoms with Crippen LogP contribution in [0, 0.1) is 12.3 Å². The van der Waals surface area contributed by atoms with Crippen LogP contribution in [0.25, 0.3) is 32.1 Å². The molecule has 0 saturated heterocycles. The Balaban J connectivity index is 1.49. The minimum atomic E-state index is -0.991. The van der Waals surface area contributed by atoms with E-state index in [0.29, 0.717) is 18.8 Å². The number of anilines is 1. The van der Waals surface area contributed by atoms with Crippen LogP contribution >= 0.6 is 11.3 Å². The van der Waals surface area contributed by atoms with Crippen molar-refractivity contribution in [1.82, 2.24) is 9.97 Å². The Labute approximate surface area is 225 Å². The lowest BCUT2D eigenvalue weighted by Gasteiger charge is -2.27. The number of rotatable bonds is 6. The van der Waals surface area contributed by atoms with Gasteiger partial charge in [-0.05, 0) is 70.8 Å². The van der Waals surface area contributed by atoms with Gasteiger partial charge in [-0.3, -0.25) is 9.69 Å². The van der Waals surface area contributed by atoms with Crippen molar-refractivity contribution in [2.45, 2.75) is 40.7 Å². The van der Waals surface area contributed by atoms with Gasteiger partial charge in [-0.15, -0.1) is 11.3 Å². The van der Waals surface area contributed by atoms with E-state index in [1.165, 1.54) is 4.70 Å². The lowest BCUT2D eigenvalue weighted by atomic mass is 9.91. The van der Waals surface area contributed by atoms with Crippen LogP contribution in [0.15, 0.2) is 72.9 Å². The van der Waals surface area contributed by atoms with Gasteiger partial charge in [0.15, 0.2) is 0 Å². The van der Waals surface area contributed by atoms with Gasteiger partial charge in [0.25, 0.3) is 0 Å². The first-order valence-electron chi connectivity index (χ1n) is 12.5. The number of hydrogen-bond donors (Lipinski definition) is 1. The number of thiazole rings is 1. The van der Waals surface area contributed by atoms with Crippen molar-refractivity contribution in [3.8, 4) is 11.1 Å². The highest BCUT2D eigenvalue weighted by Gasteiger charge is 2.25. The van der Waals surface area contributed by atoms with Gasteiger partial charge in [-0.25, -0.2) is 14.8 Å². The molecule has 1 amide bonds. The van der Waals surface area contributed by atoms with Crippen molar-refractivity contribution in [3.05, 3.63) is 89.1 Å². The Morgan fingerprint density at radius 3 is 2.39 bits per heavy atom. The van der Waals surface area contributed by atoms with Crippen molar-refractivity contribution in [1.29, 1.82) is 0 Å². The molecule has 0 unspecified atom stereocenters. The molecule has 0 aliphatic carbocycles. The predicted octanol–water partition coefficient (Wildman–Crippen LogP) is 7.49. The molecule has 0 saturated carbocycles. The number of aromatic nitrogens is 2. The third kappa shape index (κ3) is 5.43. The molecule has 2 heterocycles. The van der Waals surface area contributed by atoms with E-state index in [1.807, 2.05) is 39.8 Å². The quantitative estimate of drug-likeness (QED) is 0.249. The summed E-state index contributed by atoms with van der Waals surface area (Å²) in [5.74, 6) is -0.495. The molecule has 0 atom stereocenters. The van der Waals surface area contributed by atoms with Crippen LogP contribution in [0.5, 0.6) is 0 Å². The predicted molar refractivity (Wildman–Crippen MR) is 154 cm³/mol. The van der Waals surface area contributed by atoms with E-state index in [1.54, 1.807) is 46.7 Å². The minimum Gasteiger partial charge on any atom is -0.478 e. The van der Waals surface area contributed by atoms with Crippen LogP contribution < -0.4 is 4.90 Å². The normalized spacial score (nSPS) is 11.7. The number of hydrogen-bond acceptors (Lipinski definition) is 5. The molecule has 0 aliphatic heterocycles. The minimum absolute atomic E-state index is 0.0340. The fraction of sp³-hybridized carbons (Fsp3) is 0.226. The van der Waals surface area contributed by atoms with Gasteiger partial charge in [0.05, 0.1) is 27.3 Å². The van der Waals surface area contributed by atoms with Crippen molar-refractivity contribution < 1.29 is 14.7 Å². The van der Waals surface area contributed by atoms with Crippen LogP contribution in [-0.2, 0) is 11.3 Å². The van der Waals surface area contributed by atoms with Gasteiger partial charge in [-0.1, -0.05) is 51.1 Å². The molecule has 3 aromatic carbocycles. The van der Waals surface area contributed by atoms with Crippen LogP contribution in [-0.4, -0.2) is 27.0 Å². The molecule has 0 fully saturated rings. The topological polar surface area (TPSA) is 83.4 Å². The van der Waals surface area contributed by atoms with Crippen LogP contribution in [0.3, 0.4) is 0 Å².